The minimum absolute atomic E-state index is 0. The number of guanidine groups is 1. The summed E-state index contributed by atoms with van der Waals surface area (Å²) in [5, 5.41) is 5.63. The minimum Gasteiger partial charge on any atom is -0.497 e. The number of halogens is 4. The molecule has 0 heterocycles. The van der Waals surface area contributed by atoms with Crippen molar-refractivity contribution in [2.45, 2.75) is 32.4 Å². The lowest BCUT2D eigenvalue weighted by Gasteiger charge is -2.12. The summed E-state index contributed by atoms with van der Waals surface area (Å²) in [4.78, 5) is 4.29. The van der Waals surface area contributed by atoms with Crippen molar-refractivity contribution in [3.63, 3.8) is 0 Å². The van der Waals surface area contributed by atoms with Crippen LogP contribution in [0.15, 0.2) is 29.3 Å². The number of ether oxygens (including phenoxy) is 1. The van der Waals surface area contributed by atoms with Gasteiger partial charge in [0.25, 0.3) is 0 Å². The second-order valence-electron chi connectivity index (χ2n) is 5.01. The molecule has 0 spiro atoms. The predicted molar refractivity (Wildman–Crippen MR) is 101 cm³/mol. The van der Waals surface area contributed by atoms with E-state index in [4.69, 9.17) is 4.74 Å². The highest BCUT2D eigenvalue weighted by atomic mass is 127. The van der Waals surface area contributed by atoms with Crippen LogP contribution in [-0.2, 0) is 6.42 Å². The van der Waals surface area contributed by atoms with Crippen molar-refractivity contribution in [1.29, 1.82) is 0 Å². The topological polar surface area (TPSA) is 45.7 Å². The Morgan fingerprint density at radius 3 is 2.62 bits per heavy atom. The SMILES string of the molecule is CCNC(=NCCCc1cccc(OC)c1)NCCC(F)(F)F.I. The van der Waals surface area contributed by atoms with Gasteiger partial charge in [-0.2, -0.15) is 13.2 Å². The third-order valence-corrected chi connectivity index (χ3v) is 3.07. The second-order valence-corrected chi connectivity index (χ2v) is 5.01. The Hall–Kier alpha value is -1.19. The number of methoxy groups -OCH3 is 1. The maximum absolute atomic E-state index is 12.1. The zero-order valence-electron chi connectivity index (χ0n) is 13.9. The van der Waals surface area contributed by atoms with Gasteiger partial charge in [0, 0.05) is 19.6 Å². The van der Waals surface area contributed by atoms with E-state index in [1.165, 1.54) is 0 Å². The Labute approximate surface area is 158 Å². The molecule has 0 bridgehead atoms. The van der Waals surface area contributed by atoms with Crippen molar-refractivity contribution < 1.29 is 17.9 Å². The van der Waals surface area contributed by atoms with Crippen molar-refractivity contribution in [2.75, 3.05) is 26.7 Å². The van der Waals surface area contributed by atoms with Crippen LogP contribution in [0.4, 0.5) is 13.2 Å². The summed E-state index contributed by atoms with van der Waals surface area (Å²) in [5.41, 5.74) is 1.15. The molecule has 0 unspecified atom stereocenters. The molecule has 1 aromatic rings. The van der Waals surface area contributed by atoms with Gasteiger partial charge in [-0.05, 0) is 37.5 Å². The molecule has 0 fully saturated rings. The van der Waals surface area contributed by atoms with Crippen molar-refractivity contribution in [3.05, 3.63) is 29.8 Å². The van der Waals surface area contributed by atoms with Crippen LogP contribution in [0.5, 0.6) is 5.75 Å². The minimum atomic E-state index is -4.16. The molecule has 0 aromatic heterocycles. The van der Waals surface area contributed by atoms with E-state index < -0.39 is 12.6 Å². The summed E-state index contributed by atoms with van der Waals surface area (Å²) >= 11 is 0. The summed E-state index contributed by atoms with van der Waals surface area (Å²) in [6.45, 7) is 2.84. The van der Waals surface area contributed by atoms with E-state index in [-0.39, 0.29) is 30.5 Å². The third-order valence-electron chi connectivity index (χ3n) is 3.07. The highest BCUT2D eigenvalue weighted by Gasteiger charge is 2.26. The normalized spacial score (nSPS) is 11.6. The van der Waals surface area contributed by atoms with Gasteiger partial charge in [-0.1, -0.05) is 12.1 Å². The average molecular weight is 459 g/mol. The summed E-state index contributed by atoms with van der Waals surface area (Å²) in [5.74, 6) is 1.23. The van der Waals surface area contributed by atoms with E-state index in [0.717, 1.165) is 24.2 Å². The van der Waals surface area contributed by atoms with E-state index >= 15 is 0 Å². The quantitative estimate of drug-likeness (QED) is 0.270. The van der Waals surface area contributed by atoms with Crippen LogP contribution in [0.2, 0.25) is 0 Å². The van der Waals surface area contributed by atoms with Crippen LogP contribution in [0.25, 0.3) is 0 Å². The fourth-order valence-corrected chi connectivity index (χ4v) is 1.97. The first kappa shape index (κ1) is 22.8. The smallest absolute Gasteiger partial charge is 0.390 e. The lowest BCUT2D eigenvalue weighted by atomic mass is 10.1. The van der Waals surface area contributed by atoms with Crippen LogP contribution in [-0.4, -0.2) is 38.9 Å². The van der Waals surface area contributed by atoms with Gasteiger partial charge in [-0.3, -0.25) is 4.99 Å². The fraction of sp³-hybridized carbons (Fsp3) is 0.562. The molecule has 0 atom stereocenters. The third kappa shape index (κ3) is 10.6. The Morgan fingerprint density at radius 1 is 1.25 bits per heavy atom. The molecule has 8 heteroatoms. The van der Waals surface area contributed by atoms with Crippen molar-refractivity contribution in [1.82, 2.24) is 10.6 Å². The maximum Gasteiger partial charge on any atom is 0.390 e. The van der Waals surface area contributed by atoms with Gasteiger partial charge in [0.15, 0.2) is 5.96 Å². The van der Waals surface area contributed by atoms with Crippen LogP contribution >= 0.6 is 24.0 Å². The number of aryl methyl sites for hydroxylation is 1. The molecule has 0 saturated carbocycles. The molecule has 0 aliphatic heterocycles. The summed E-state index contributed by atoms with van der Waals surface area (Å²) in [7, 11) is 1.62. The number of hydrogen-bond donors (Lipinski definition) is 2. The molecular weight excluding hydrogens is 434 g/mol. The van der Waals surface area contributed by atoms with E-state index in [1.54, 1.807) is 7.11 Å². The van der Waals surface area contributed by atoms with Gasteiger partial charge in [-0.15, -0.1) is 24.0 Å². The Kier molecular flexibility index (Phi) is 11.6. The van der Waals surface area contributed by atoms with Gasteiger partial charge in [-0.25, -0.2) is 0 Å². The number of hydrogen-bond acceptors (Lipinski definition) is 2. The Bertz CT molecular complexity index is 496. The summed E-state index contributed by atoms with van der Waals surface area (Å²) < 4.78 is 41.6. The molecule has 0 aliphatic carbocycles. The Balaban J connectivity index is 0.00000529. The number of nitrogens with zero attached hydrogens (tertiary/aromatic N) is 1. The first-order valence-electron chi connectivity index (χ1n) is 7.66. The van der Waals surface area contributed by atoms with Crippen molar-refractivity contribution in [3.8, 4) is 5.75 Å². The summed E-state index contributed by atoms with van der Waals surface area (Å²) in [6, 6.07) is 7.80. The highest BCUT2D eigenvalue weighted by Crippen LogP contribution is 2.18. The van der Waals surface area contributed by atoms with Crippen LogP contribution < -0.4 is 15.4 Å². The van der Waals surface area contributed by atoms with Gasteiger partial charge in [0.1, 0.15) is 5.75 Å². The van der Waals surface area contributed by atoms with Crippen molar-refractivity contribution >= 4 is 29.9 Å². The second kappa shape index (κ2) is 12.2. The molecule has 24 heavy (non-hydrogen) atoms. The molecule has 1 rings (SSSR count). The number of aliphatic imine (C=N–C) groups is 1. The zero-order chi connectivity index (χ0) is 17.1. The molecule has 2 N–H and O–H groups in total. The van der Waals surface area contributed by atoms with Gasteiger partial charge >= 0.3 is 6.18 Å². The monoisotopic (exact) mass is 459 g/mol. The largest absolute Gasteiger partial charge is 0.497 e. The molecule has 0 aliphatic rings. The molecular formula is C16H25F3IN3O. The van der Waals surface area contributed by atoms with Crippen LogP contribution in [0.3, 0.4) is 0 Å². The number of rotatable bonds is 8. The lowest BCUT2D eigenvalue weighted by Crippen LogP contribution is -2.39. The Morgan fingerprint density at radius 2 is 2.00 bits per heavy atom. The van der Waals surface area contributed by atoms with Crippen LogP contribution in [0.1, 0.15) is 25.3 Å². The van der Waals surface area contributed by atoms with Crippen molar-refractivity contribution in [2.24, 2.45) is 4.99 Å². The molecule has 138 valence electrons. The predicted octanol–water partition coefficient (Wildman–Crippen LogP) is 3.75. The van der Waals surface area contributed by atoms with E-state index in [9.17, 15) is 13.2 Å². The number of alkyl halides is 3. The van der Waals surface area contributed by atoms with E-state index in [2.05, 4.69) is 15.6 Å². The van der Waals surface area contributed by atoms with E-state index in [1.807, 2.05) is 31.2 Å². The standard InChI is InChI=1S/C16H24F3N3O.HI/c1-3-20-15(22-11-9-16(17,18)19)21-10-5-7-13-6-4-8-14(12-13)23-2;/h4,6,8,12H,3,5,7,9-11H2,1-2H3,(H2,20,21,22);1H. The lowest BCUT2D eigenvalue weighted by molar-refractivity contribution is -0.132. The van der Waals surface area contributed by atoms with Gasteiger partial charge in [0.2, 0.25) is 0 Å². The van der Waals surface area contributed by atoms with Gasteiger partial charge in [0.05, 0.1) is 13.5 Å². The van der Waals surface area contributed by atoms with E-state index in [0.29, 0.717) is 19.0 Å². The fourth-order valence-electron chi connectivity index (χ4n) is 1.97. The van der Waals surface area contributed by atoms with Gasteiger partial charge < -0.3 is 15.4 Å². The highest BCUT2D eigenvalue weighted by molar-refractivity contribution is 14.0. The first-order chi connectivity index (χ1) is 10.9. The summed E-state index contributed by atoms with van der Waals surface area (Å²) in [6.07, 6.45) is -3.39. The molecule has 0 amide bonds. The molecule has 4 nitrogen and oxygen atoms in total. The number of nitrogens with one attached hydrogen (secondary N) is 2. The molecule has 0 radical (unpaired) electrons. The molecule has 0 saturated heterocycles. The molecule has 1 aromatic carbocycles. The number of benzene rings is 1. The first-order valence-corrected chi connectivity index (χ1v) is 7.66. The van der Waals surface area contributed by atoms with Crippen LogP contribution in [0, 0.1) is 0 Å². The average Bonchev–Trinajstić information content (AvgIpc) is 2.50. The zero-order valence-corrected chi connectivity index (χ0v) is 16.3. The maximum atomic E-state index is 12.1.